The second-order valence-electron chi connectivity index (χ2n) is 6.97. The zero-order valence-corrected chi connectivity index (χ0v) is 17.9. The second kappa shape index (κ2) is 13.7. The van der Waals surface area contributed by atoms with Crippen LogP contribution in [0.5, 0.6) is 0 Å². The van der Waals surface area contributed by atoms with Gasteiger partial charge in [0, 0.05) is 37.3 Å². The Balaban J connectivity index is 2.76. The van der Waals surface area contributed by atoms with Gasteiger partial charge >= 0.3 is 0 Å². The average Bonchev–Trinajstić information content (AvgIpc) is 2.73. The van der Waals surface area contributed by atoms with E-state index in [9.17, 15) is 19.7 Å². The van der Waals surface area contributed by atoms with Crippen LogP contribution in [-0.4, -0.2) is 65.8 Å². The van der Waals surface area contributed by atoms with Gasteiger partial charge in [0.05, 0.1) is 11.5 Å². The molecule has 0 saturated carbocycles. The molecule has 0 fully saturated rings. The molecule has 1 aromatic carbocycles. The summed E-state index contributed by atoms with van der Waals surface area (Å²) in [6, 6.07) is 5.49. The number of nitrogens with zero attached hydrogens (tertiary/aromatic N) is 3. The molecule has 162 valence electrons. The Morgan fingerprint density at radius 2 is 1.66 bits per heavy atom. The Hall–Kier alpha value is -2.48. The molecule has 1 N–H and O–H groups in total. The van der Waals surface area contributed by atoms with Gasteiger partial charge in [-0.3, -0.25) is 19.7 Å². The van der Waals surface area contributed by atoms with Crippen LogP contribution in [0.15, 0.2) is 24.3 Å². The predicted octanol–water partition coefficient (Wildman–Crippen LogP) is 3.08. The van der Waals surface area contributed by atoms with Gasteiger partial charge in [0.25, 0.3) is 11.6 Å². The Bertz CT molecular complexity index is 645. The number of carbonyl (C=O) groups excluding carboxylic acids is 2. The Morgan fingerprint density at radius 1 is 1.00 bits per heavy atom. The van der Waals surface area contributed by atoms with E-state index in [0.717, 1.165) is 38.8 Å². The molecule has 0 aliphatic carbocycles. The fourth-order valence-corrected chi connectivity index (χ4v) is 2.97. The molecule has 0 aromatic heterocycles. The summed E-state index contributed by atoms with van der Waals surface area (Å²) < 4.78 is 0. The van der Waals surface area contributed by atoms with Gasteiger partial charge in [0.2, 0.25) is 5.91 Å². The summed E-state index contributed by atoms with van der Waals surface area (Å²) >= 11 is 0. The van der Waals surface area contributed by atoms with E-state index in [-0.39, 0.29) is 24.0 Å². The summed E-state index contributed by atoms with van der Waals surface area (Å²) in [6.45, 7) is 9.62. The van der Waals surface area contributed by atoms with E-state index in [0.29, 0.717) is 25.2 Å². The van der Waals surface area contributed by atoms with Gasteiger partial charge in [0.1, 0.15) is 0 Å². The van der Waals surface area contributed by atoms with Gasteiger partial charge in [-0.1, -0.05) is 40.0 Å². The number of hydrogen-bond acceptors (Lipinski definition) is 5. The Labute approximate surface area is 173 Å². The molecule has 1 aromatic rings. The van der Waals surface area contributed by atoms with E-state index in [1.54, 1.807) is 0 Å². The first-order valence-corrected chi connectivity index (χ1v) is 10.5. The van der Waals surface area contributed by atoms with E-state index in [1.165, 1.54) is 29.2 Å². The van der Waals surface area contributed by atoms with E-state index in [4.69, 9.17) is 0 Å². The number of amides is 2. The third-order valence-electron chi connectivity index (χ3n) is 4.88. The Kier molecular flexibility index (Phi) is 11.6. The maximum absolute atomic E-state index is 12.9. The van der Waals surface area contributed by atoms with Gasteiger partial charge in [-0.25, -0.2) is 0 Å². The summed E-state index contributed by atoms with van der Waals surface area (Å²) in [5.74, 6) is -0.482. The van der Waals surface area contributed by atoms with Crippen LogP contribution in [0.2, 0.25) is 0 Å². The maximum Gasteiger partial charge on any atom is 0.269 e. The molecule has 1 rings (SSSR count). The summed E-state index contributed by atoms with van der Waals surface area (Å²) in [5, 5.41) is 13.7. The van der Waals surface area contributed by atoms with Crippen LogP contribution in [0.25, 0.3) is 0 Å². The van der Waals surface area contributed by atoms with Crippen molar-refractivity contribution in [3.05, 3.63) is 39.9 Å². The zero-order valence-electron chi connectivity index (χ0n) is 17.9. The molecule has 0 aliphatic rings. The highest BCUT2D eigenvalue weighted by molar-refractivity contribution is 5.96. The van der Waals surface area contributed by atoms with Gasteiger partial charge in [-0.2, -0.15) is 0 Å². The highest BCUT2D eigenvalue weighted by atomic mass is 16.6. The molecule has 29 heavy (non-hydrogen) atoms. The molecule has 8 nitrogen and oxygen atoms in total. The van der Waals surface area contributed by atoms with Crippen LogP contribution < -0.4 is 5.32 Å². The minimum atomic E-state index is -0.502. The first kappa shape index (κ1) is 24.6. The highest BCUT2D eigenvalue weighted by Crippen LogP contribution is 2.13. The first-order chi connectivity index (χ1) is 13.9. The molecular weight excluding hydrogens is 372 g/mol. The number of rotatable bonds is 14. The maximum atomic E-state index is 12.9. The largest absolute Gasteiger partial charge is 0.355 e. The van der Waals surface area contributed by atoms with Crippen molar-refractivity contribution in [2.45, 2.75) is 46.5 Å². The SMILES string of the molecule is CCCCCCNC(=O)CN(CCN(CC)CC)C(=O)c1ccc([N+](=O)[O-])cc1. The van der Waals surface area contributed by atoms with Gasteiger partial charge in [0.15, 0.2) is 0 Å². The fraction of sp³-hybridized carbons (Fsp3) is 0.619. The minimum Gasteiger partial charge on any atom is -0.355 e. The van der Waals surface area contributed by atoms with Crippen molar-refractivity contribution in [1.82, 2.24) is 15.1 Å². The normalized spacial score (nSPS) is 10.8. The lowest BCUT2D eigenvalue weighted by atomic mass is 10.1. The summed E-state index contributed by atoms with van der Waals surface area (Å²) in [5.41, 5.74) is 0.270. The second-order valence-corrected chi connectivity index (χ2v) is 6.97. The number of hydrogen-bond donors (Lipinski definition) is 1. The molecule has 0 saturated heterocycles. The van der Waals surface area contributed by atoms with Crippen LogP contribution >= 0.6 is 0 Å². The van der Waals surface area contributed by atoms with Gasteiger partial charge < -0.3 is 15.1 Å². The number of nitro groups is 1. The van der Waals surface area contributed by atoms with Crippen LogP contribution in [0, 0.1) is 10.1 Å². The van der Waals surface area contributed by atoms with Crippen molar-refractivity contribution in [3.63, 3.8) is 0 Å². The highest BCUT2D eigenvalue weighted by Gasteiger charge is 2.20. The summed E-state index contributed by atoms with van der Waals surface area (Å²) in [4.78, 5) is 39.3. The Morgan fingerprint density at radius 3 is 2.21 bits per heavy atom. The van der Waals surface area contributed by atoms with Gasteiger partial charge in [-0.05, 0) is 31.6 Å². The lowest BCUT2D eigenvalue weighted by molar-refractivity contribution is -0.384. The van der Waals surface area contributed by atoms with Crippen molar-refractivity contribution in [2.24, 2.45) is 0 Å². The molecule has 0 unspecified atom stereocenters. The number of likely N-dealkylation sites (N-methyl/N-ethyl adjacent to an activating group) is 1. The topological polar surface area (TPSA) is 95.8 Å². The first-order valence-electron chi connectivity index (χ1n) is 10.5. The van der Waals surface area contributed by atoms with Crippen LogP contribution in [-0.2, 0) is 4.79 Å². The molecule has 8 heteroatoms. The monoisotopic (exact) mass is 406 g/mol. The summed E-state index contributed by atoms with van der Waals surface area (Å²) in [7, 11) is 0. The van der Waals surface area contributed by atoms with Gasteiger partial charge in [-0.15, -0.1) is 0 Å². The lowest BCUT2D eigenvalue weighted by Crippen LogP contribution is -2.44. The van der Waals surface area contributed by atoms with Crippen molar-refractivity contribution in [1.29, 1.82) is 0 Å². The van der Waals surface area contributed by atoms with Crippen LogP contribution in [0.4, 0.5) is 5.69 Å². The number of unbranched alkanes of at least 4 members (excludes halogenated alkanes) is 3. The molecule has 0 heterocycles. The predicted molar refractivity (Wildman–Crippen MR) is 114 cm³/mol. The molecule has 0 spiro atoms. The molecule has 0 atom stereocenters. The molecule has 0 radical (unpaired) electrons. The van der Waals surface area contributed by atoms with Crippen LogP contribution in [0.1, 0.15) is 56.8 Å². The van der Waals surface area contributed by atoms with Crippen molar-refractivity contribution in [3.8, 4) is 0 Å². The number of nitro benzene ring substituents is 1. The van der Waals surface area contributed by atoms with E-state index >= 15 is 0 Å². The number of carbonyl (C=O) groups is 2. The third-order valence-corrected chi connectivity index (χ3v) is 4.88. The molecular formula is C21H34N4O4. The number of benzene rings is 1. The third kappa shape index (κ3) is 9.04. The van der Waals surface area contributed by atoms with Crippen molar-refractivity contribution in [2.75, 3.05) is 39.3 Å². The number of non-ortho nitro benzene ring substituents is 1. The summed E-state index contributed by atoms with van der Waals surface area (Å²) in [6.07, 6.45) is 4.28. The van der Waals surface area contributed by atoms with Crippen LogP contribution in [0.3, 0.4) is 0 Å². The van der Waals surface area contributed by atoms with E-state index in [2.05, 4.69) is 31.0 Å². The average molecular weight is 407 g/mol. The molecule has 0 bridgehead atoms. The van der Waals surface area contributed by atoms with E-state index < -0.39 is 4.92 Å². The lowest BCUT2D eigenvalue weighted by Gasteiger charge is -2.26. The molecule has 0 aliphatic heterocycles. The quantitative estimate of drug-likeness (QED) is 0.291. The minimum absolute atomic E-state index is 0.0229. The number of nitrogens with one attached hydrogen (secondary N) is 1. The van der Waals surface area contributed by atoms with E-state index in [1.807, 2.05) is 0 Å². The van der Waals surface area contributed by atoms with Crippen molar-refractivity contribution >= 4 is 17.5 Å². The smallest absolute Gasteiger partial charge is 0.269 e. The zero-order chi connectivity index (χ0) is 21.6. The standard InChI is InChI=1S/C21H34N4O4/c1-4-7-8-9-14-22-20(26)17-24(16-15-23(5-2)6-3)21(27)18-10-12-19(13-11-18)25(28)29/h10-13H,4-9,14-17H2,1-3H3,(H,22,26). The van der Waals surface area contributed by atoms with Crippen molar-refractivity contribution < 1.29 is 14.5 Å². The molecule has 2 amide bonds. The fourth-order valence-electron chi connectivity index (χ4n) is 2.97.